The van der Waals surface area contributed by atoms with E-state index in [2.05, 4.69) is 10.1 Å². The lowest BCUT2D eigenvalue weighted by Crippen LogP contribution is -2.37. The molecule has 1 unspecified atom stereocenters. The molecule has 0 saturated carbocycles. The van der Waals surface area contributed by atoms with E-state index in [1.54, 1.807) is 31.2 Å². The molecule has 1 N–H and O–H groups in total. The number of benzene rings is 1. The molecule has 1 amide bonds. The Bertz CT molecular complexity index is 717. The lowest BCUT2D eigenvalue weighted by atomic mass is 10.2. The summed E-state index contributed by atoms with van der Waals surface area (Å²) in [5, 5.41) is 2.95. The number of carbonyl (C=O) groups is 1. The second kappa shape index (κ2) is 6.90. The van der Waals surface area contributed by atoms with Crippen molar-refractivity contribution >= 4 is 11.6 Å². The fraction of sp³-hybridized carbons (Fsp3) is 0.353. The molecule has 0 radical (unpaired) electrons. The van der Waals surface area contributed by atoms with Crippen molar-refractivity contribution in [1.82, 2.24) is 5.32 Å². The first kappa shape index (κ1) is 16.3. The van der Waals surface area contributed by atoms with Crippen LogP contribution in [0.25, 0.3) is 0 Å². The lowest BCUT2D eigenvalue weighted by molar-refractivity contribution is -0.0495. The number of anilines is 1. The summed E-state index contributed by atoms with van der Waals surface area (Å²) in [7, 11) is 0. The smallest absolute Gasteiger partial charge is 0.387 e. The Morgan fingerprint density at radius 2 is 2.17 bits per heavy atom. The number of amides is 1. The van der Waals surface area contributed by atoms with Gasteiger partial charge in [-0.05, 0) is 31.5 Å². The van der Waals surface area contributed by atoms with Gasteiger partial charge in [0.05, 0.1) is 17.5 Å². The van der Waals surface area contributed by atoms with Gasteiger partial charge in [-0.2, -0.15) is 8.78 Å². The summed E-state index contributed by atoms with van der Waals surface area (Å²) in [5.74, 6) is 0.522. The van der Waals surface area contributed by atoms with E-state index >= 15 is 0 Å². The van der Waals surface area contributed by atoms with Crippen LogP contribution in [0.1, 0.15) is 22.5 Å². The van der Waals surface area contributed by atoms with Gasteiger partial charge in [-0.3, -0.25) is 4.79 Å². The summed E-state index contributed by atoms with van der Waals surface area (Å²) in [6, 6.07) is 8.24. The Balaban J connectivity index is 1.66. The first-order valence-electron chi connectivity index (χ1n) is 7.68. The van der Waals surface area contributed by atoms with E-state index in [4.69, 9.17) is 4.42 Å². The zero-order valence-electron chi connectivity index (χ0n) is 13.2. The molecule has 7 heteroatoms. The van der Waals surface area contributed by atoms with Crippen LogP contribution in [0.4, 0.5) is 14.5 Å². The number of nitrogens with zero attached hydrogens (tertiary/aromatic N) is 1. The maximum atomic E-state index is 12.5. The predicted molar refractivity (Wildman–Crippen MR) is 84.6 cm³/mol. The molecule has 1 fully saturated rings. The third-order valence-corrected chi connectivity index (χ3v) is 4.05. The van der Waals surface area contributed by atoms with Crippen LogP contribution >= 0.6 is 0 Å². The first-order chi connectivity index (χ1) is 11.5. The van der Waals surface area contributed by atoms with E-state index in [-0.39, 0.29) is 17.7 Å². The highest BCUT2D eigenvalue weighted by atomic mass is 19.3. The highest BCUT2D eigenvalue weighted by Crippen LogP contribution is 2.31. The molecule has 0 spiro atoms. The average Bonchev–Trinajstić information content (AvgIpc) is 3.16. The minimum atomic E-state index is -2.87. The fourth-order valence-corrected chi connectivity index (χ4v) is 2.89. The second-order valence-electron chi connectivity index (χ2n) is 5.64. The van der Waals surface area contributed by atoms with E-state index in [0.29, 0.717) is 30.1 Å². The summed E-state index contributed by atoms with van der Waals surface area (Å²) >= 11 is 0. The van der Waals surface area contributed by atoms with Gasteiger partial charge in [0, 0.05) is 19.1 Å². The summed E-state index contributed by atoms with van der Waals surface area (Å²) < 4.78 is 34.8. The molecule has 1 aromatic heterocycles. The zero-order chi connectivity index (χ0) is 17.1. The van der Waals surface area contributed by atoms with Gasteiger partial charge in [0.2, 0.25) is 0 Å². The molecule has 1 aliphatic heterocycles. The van der Waals surface area contributed by atoms with Crippen molar-refractivity contribution in [1.29, 1.82) is 0 Å². The molecule has 24 heavy (non-hydrogen) atoms. The van der Waals surface area contributed by atoms with Crippen LogP contribution in [0.2, 0.25) is 0 Å². The van der Waals surface area contributed by atoms with E-state index < -0.39 is 6.61 Å². The first-order valence-corrected chi connectivity index (χ1v) is 7.68. The zero-order valence-corrected chi connectivity index (χ0v) is 13.2. The normalized spacial score (nSPS) is 17.3. The van der Waals surface area contributed by atoms with Crippen molar-refractivity contribution in [2.75, 3.05) is 18.0 Å². The summed E-state index contributed by atoms with van der Waals surface area (Å²) in [6.45, 7) is 0.0483. The van der Waals surface area contributed by atoms with Gasteiger partial charge in [0.15, 0.2) is 0 Å². The van der Waals surface area contributed by atoms with Crippen LogP contribution in [0.3, 0.4) is 0 Å². The molecular weight excluding hydrogens is 318 g/mol. The molecule has 5 nitrogen and oxygen atoms in total. The monoisotopic (exact) mass is 336 g/mol. The number of hydrogen-bond donors (Lipinski definition) is 1. The van der Waals surface area contributed by atoms with Gasteiger partial charge in [-0.25, -0.2) is 0 Å². The number of hydrogen-bond acceptors (Lipinski definition) is 4. The number of halogens is 2. The number of aryl methyl sites for hydroxylation is 1. The topological polar surface area (TPSA) is 54.7 Å². The second-order valence-corrected chi connectivity index (χ2v) is 5.64. The number of nitrogens with one attached hydrogen (secondary N) is 1. The fourth-order valence-electron chi connectivity index (χ4n) is 2.89. The van der Waals surface area contributed by atoms with Gasteiger partial charge in [0.25, 0.3) is 5.91 Å². The predicted octanol–water partition coefficient (Wildman–Crippen LogP) is 3.20. The number of alkyl halides is 2. The van der Waals surface area contributed by atoms with Gasteiger partial charge in [-0.15, -0.1) is 0 Å². The highest BCUT2D eigenvalue weighted by molar-refractivity contribution is 5.95. The Labute approximate surface area is 138 Å². The van der Waals surface area contributed by atoms with Gasteiger partial charge >= 0.3 is 6.61 Å². The molecule has 128 valence electrons. The Hall–Kier alpha value is -2.57. The Morgan fingerprint density at radius 1 is 1.38 bits per heavy atom. The minimum Gasteiger partial charge on any atom is -0.469 e. The molecule has 2 heterocycles. The molecule has 0 aliphatic carbocycles. The minimum absolute atomic E-state index is 0.0635. The summed E-state index contributed by atoms with van der Waals surface area (Å²) in [5.41, 5.74) is 1.11. The van der Waals surface area contributed by atoms with Crippen molar-refractivity contribution < 1.29 is 22.7 Å². The van der Waals surface area contributed by atoms with Crippen LogP contribution in [0.5, 0.6) is 5.75 Å². The molecule has 0 bridgehead atoms. The number of furan rings is 1. The van der Waals surface area contributed by atoms with Crippen molar-refractivity contribution in [2.24, 2.45) is 0 Å². The molecule has 1 aliphatic rings. The molecule has 3 rings (SSSR count). The van der Waals surface area contributed by atoms with Crippen molar-refractivity contribution in [2.45, 2.75) is 26.0 Å². The van der Waals surface area contributed by atoms with Crippen LogP contribution < -0.4 is 15.0 Å². The Morgan fingerprint density at radius 3 is 2.88 bits per heavy atom. The lowest BCUT2D eigenvalue weighted by Gasteiger charge is -2.22. The maximum Gasteiger partial charge on any atom is 0.387 e. The van der Waals surface area contributed by atoms with Crippen LogP contribution in [0.15, 0.2) is 41.0 Å². The van der Waals surface area contributed by atoms with E-state index in [0.717, 1.165) is 6.42 Å². The molecule has 1 saturated heterocycles. The number of ether oxygens (including phenoxy) is 1. The largest absolute Gasteiger partial charge is 0.469 e. The number of carbonyl (C=O) groups excluding carboxylic acids is 1. The van der Waals surface area contributed by atoms with E-state index in [1.807, 2.05) is 4.90 Å². The SMILES string of the molecule is Cc1occc1C(=O)NC1CCN(c2ccccc2OC(F)F)C1. The third-order valence-electron chi connectivity index (χ3n) is 4.05. The Kier molecular flexibility index (Phi) is 4.69. The molecule has 1 aromatic carbocycles. The van der Waals surface area contributed by atoms with Crippen molar-refractivity contribution in [3.8, 4) is 5.75 Å². The molecule has 1 atom stereocenters. The van der Waals surface area contributed by atoms with Gasteiger partial charge < -0.3 is 19.4 Å². The average molecular weight is 336 g/mol. The van der Waals surface area contributed by atoms with Crippen LogP contribution in [0, 0.1) is 6.92 Å². The number of para-hydroxylation sites is 2. The van der Waals surface area contributed by atoms with Crippen molar-refractivity contribution in [3.63, 3.8) is 0 Å². The van der Waals surface area contributed by atoms with Crippen LogP contribution in [-0.2, 0) is 0 Å². The third kappa shape index (κ3) is 3.50. The van der Waals surface area contributed by atoms with E-state index in [9.17, 15) is 13.6 Å². The van der Waals surface area contributed by atoms with Gasteiger partial charge in [0.1, 0.15) is 11.5 Å². The standard InChI is InChI=1S/C17H18F2N2O3/c1-11-13(7-9-23-11)16(22)20-12-6-8-21(10-12)14-4-2-3-5-15(14)24-17(18)19/h2-5,7,9,12,17H,6,8,10H2,1H3,(H,20,22). The highest BCUT2D eigenvalue weighted by Gasteiger charge is 2.27. The van der Waals surface area contributed by atoms with E-state index in [1.165, 1.54) is 12.3 Å². The quantitative estimate of drug-likeness (QED) is 0.911. The van der Waals surface area contributed by atoms with Crippen LogP contribution in [-0.4, -0.2) is 31.7 Å². The summed E-state index contributed by atoms with van der Waals surface area (Å²) in [4.78, 5) is 14.2. The summed E-state index contributed by atoms with van der Waals surface area (Å²) in [6.07, 6.45) is 2.20. The number of rotatable bonds is 5. The van der Waals surface area contributed by atoms with Gasteiger partial charge in [-0.1, -0.05) is 12.1 Å². The van der Waals surface area contributed by atoms with Crippen molar-refractivity contribution in [3.05, 3.63) is 47.9 Å². The maximum absolute atomic E-state index is 12.5. The molecule has 2 aromatic rings. The molecular formula is C17H18F2N2O3.